The van der Waals surface area contributed by atoms with Crippen LogP contribution < -0.4 is 16.0 Å². The lowest BCUT2D eigenvalue weighted by molar-refractivity contribution is -0.176. The number of hydrogen-bond donors (Lipinski definition) is 3. The first-order valence-corrected chi connectivity index (χ1v) is 12.8. The SMILES string of the molecule is CC(C)(C)[C@H](NC(=O)C(F)(F)F)C(=O)N1CCC2(CC2)C[C@H]1C(=O)N[C@H](C#N)CC1Cn2nccc2NC1=O. The Hall–Kier alpha value is -3.63. The molecule has 39 heavy (non-hydrogen) atoms. The summed E-state index contributed by atoms with van der Waals surface area (Å²) in [5.74, 6) is -4.05. The van der Waals surface area contributed by atoms with E-state index in [1.54, 1.807) is 10.7 Å². The number of nitrogens with one attached hydrogen (secondary N) is 3. The number of anilines is 1. The molecule has 1 aliphatic carbocycles. The number of fused-ring (bicyclic) bond motifs is 1. The smallest absolute Gasteiger partial charge is 0.339 e. The number of rotatable bonds is 6. The van der Waals surface area contributed by atoms with E-state index in [1.807, 2.05) is 11.4 Å². The molecule has 4 rings (SSSR count). The van der Waals surface area contributed by atoms with Gasteiger partial charge in [0.05, 0.1) is 24.7 Å². The molecule has 1 saturated heterocycles. The summed E-state index contributed by atoms with van der Waals surface area (Å²) in [5, 5.41) is 21.0. The van der Waals surface area contributed by atoms with Crippen LogP contribution in [-0.4, -0.2) is 69.2 Å². The molecule has 3 N–H and O–H groups in total. The van der Waals surface area contributed by atoms with Crippen molar-refractivity contribution in [1.82, 2.24) is 25.3 Å². The fraction of sp³-hybridized carbons (Fsp3) is 0.680. The van der Waals surface area contributed by atoms with Crippen molar-refractivity contribution in [3.63, 3.8) is 0 Å². The Morgan fingerprint density at radius 3 is 2.51 bits per heavy atom. The molecule has 2 fully saturated rings. The molecule has 1 aromatic rings. The number of carbonyl (C=O) groups excluding carboxylic acids is 4. The van der Waals surface area contributed by atoms with Crippen molar-refractivity contribution < 1.29 is 32.3 Å². The minimum Gasteiger partial charge on any atom is -0.339 e. The standard InChI is InChI=1S/C25H32F3N7O4/c1-23(2,3)18(33-22(39)25(26,27)28)21(38)34-9-7-24(5-6-24)11-16(34)20(37)31-15(12-29)10-14-13-35-17(4-8-30-35)32-19(14)36/h4,8,14-16,18H,5-7,9-11,13H2,1-3H3,(H,31,37)(H,32,36)(H,33,39)/t14?,15-,16-,18+/m0/s1. The largest absolute Gasteiger partial charge is 0.471 e. The Labute approximate surface area is 223 Å². The summed E-state index contributed by atoms with van der Waals surface area (Å²) in [6.07, 6.45) is -1.03. The van der Waals surface area contributed by atoms with Gasteiger partial charge in [0.15, 0.2) is 0 Å². The second-order valence-corrected chi connectivity index (χ2v) is 11.8. The van der Waals surface area contributed by atoms with Crippen LogP contribution in [0.5, 0.6) is 0 Å². The first-order chi connectivity index (χ1) is 18.1. The van der Waals surface area contributed by atoms with Gasteiger partial charge in [-0.25, -0.2) is 4.68 Å². The van der Waals surface area contributed by atoms with Crippen LogP contribution in [0.25, 0.3) is 0 Å². The second kappa shape index (κ2) is 10.2. The lowest BCUT2D eigenvalue weighted by atomic mass is 9.82. The molecule has 4 atom stereocenters. The van der Waals surface area contributed by atoms with Crippen molar-refractivity contribution in [2.45, 2.75) is 83.7 Å². The number of aromatic nitrogens is 2. The molecule has 11 nitrogen and oxygen atoms in total. The highest BCUT2D eigenvalue weighted by Crippen LogP contribution is 2.55. The van der Waals surface area contributed by atoms with Crippen molar-refractivity contribution in [2.75, 3.05) is 11.9 Å². The lowest BCUT2D eigenvalue weighted by Gasteiger charge is -2.43. The molecule has 0 radical (unpaired) electrons. The topological polar surface area (TPSA) is 149 Å². The van der Waals surface area contributed by atoms with E-state index in [9.17, 15) is 37.6 Å². The monoisotopic (exact) mass is 551 g/mol. The van der Waals surface area contributed by atoms with Crippen LogP contribution in [-0.2, 0) is 25.7 Å². The van der Waals surface area contributed by atoms with E-state index in [1.165, 1.54) is 31.9 Å². The third-order valence-corrected chi connectivity index (χ3v) is 7.80. The van der Waals surface area contributed by atoms with Crippen LogP contribution >= 0.6 is 0 Å². The summed E-state index contributed by atoms with van der Waals surface area (Å²) in [6.45, 7) is 4.94. The minimum atomic E-state index is -5.18. The molecule has 4 amide bonds. The Morgan fingerprint density at radius 1 is 1.23 bits per heavy atom. The number of amides is 4. The van der Waals surface area contributed by atoms with Gasteiger partial charge >= 0.3 is 12.1 Å². The lowest BCUT2D eigenvalue weighted by Crippen LogP contribution is -2.63. The van der Waals surface area contributed by atoms with E-state index < -0.39 is 53.4 Å². The van der Waals surface area contributed by atoms with E-state index >= 15 is 0 Å². The molecule has 212 valence electrons. The molecule has 0 bridgehead atoms. The number of hydrogen-bond acceptors (Lipinski definition) is 6. The van der Waals surface area contributed by atoms with Gasteiger partial charge in [-0.15, -0.1) is 0 Å². The van der Waals surface area contributed by atoms with Crippen molar-refractivity contribution in [3.8, 4) is 6.07 Å². The fourth-order valence-corrected chi connectivity index (χ4v) is 5.27. The molecule has 3 heterocycles. The van der Waals surface area contributed by atoms with Gasteiger partial charge in [0.25, 0.3) is 0 Å². The molecule has 14 heteroatoms. The average molecular weight is 552 g/mol. The van der Waals surface area contributed by atoms with Gasteiger partial charge in [-0.1, -0.05) is 20.8 Å². The van der Waals surface area contributed by atoms with Gasteiger partial charge in [0, 0.05) is 12.6 Å². The van der Waals surface area contributed by atoms with Gasteiger partial charge in [0.1, 0.15) is 23.9 Å². The highest BCUT2D eigenvalue weighted by molar-refractivity contribution is 5.94. The number of likely N-dealkylation sites (tertiary alicyclic amines) is 1. The zero-order valence-corrected chi connectivity index (χ0v) is 22.0. The number of carbonyl (C=O) groups is 4. The average Bonchev–Trinajstić information content (AvgIpc) is 3.44. The van der Waals surface area contributed by atoms with Crippen LogP contribution in [0.2, 0.25) is 0 Å². The zero-order chi connectivity index (χ0) is 28.8. The third-order valence-electron chi connectivity index (χ3n) is 7.80. The molecule has 1 aromatic heterocycles. The van der Waals surface area contributed by atoms with E-state index in [0.29, 0.717) is 18.7 Å². The molecular formula is C25H32F3N7O4. The van der Waals surface area contributed by atoms with Crippen molar-refractivity contribution in [1.29, 1.82) is 5.26 Å². The fourth-order valence-electron chi connectivity index (χ4n) is 5.27. The second-order valence-electron chi connectivity index (χ2n) is 11.8. The minimum absolute atomic E-state index is 0.00540. The third kappa shape index (κ3) is 6.17. The van der Waals surface area contributed by atoms with Gasteiger partial charge in [-0.05, 0) is 42.9 Å². The Morgan fingerprint density at radius 2 is 1.92 bits per heavy atom. The number of alkyl halides is 3. The van der Waals surface area contributed by atoms with Crippen molar-refractivity contribution in [2.24, 2.45) is 16.7 Å². The number of halogens is 3. The highest BCUT2D eigenvalue weighted by atomic mass is 19.4. The summed E-state index contributed by atoms with van der Waals surface area (Å²) >= 11 is 0. The van der Waals surface area contributed by atoms with Crippen LogP contribution in [0, 0.1) is 28.1 Å². The van der Waals surface area contributed by atoms with Crippen LogP contribution in [0.3, 0.4) is 0 Å². The molecule has 1 unspecified atom stereocenters. The van der Waals surface area contributed by atoms with E-state index in [2.05, 4.69) is 15.7 Å². The Bertz CT molecular complexity index is 1200. The highest BCUT2D eigenvalue weighted by Gasteiger charge is 2.53. The van der Waals surface area contributed by atoms with E-state index in [4.69, 9.17) is 0 Å². The number of nitriles is 1. The van der Waals surface area contributed by atoms with Crippen LogP contribution in [0.15, 0.2) is 12.3 Å². The predicted octanol–water partition coefficient (Wildman–Crippen LogP) is 1.71. The van der Waals surface area contributed by atoms with Gasteiger partial charge in [-0.3, -0.25) is 19.2 Å². The summed E-state index contributed by atoms with van der Waals surface area (Å²) < 4.78 is 40.6. The first kappa shape index (κ1) is 28.4. The molecular weight excluding hydrogens is 519 g/mol. The summed E-state index contributed by atoms with van der Waals surface area (Å²) in [4.78, 5) is 52.6. The number of nitrogens with zero attached hydrogens (tertiary/aromatic N) is 4. The molecule has 2 aliphatic heterocycles. The number of piperidine rings is 1. The first-order valence-electron chi connectivity index (χ1n) is 12.8. The molecule has 1 spiro atoms. The van der Waals surface area contributed by atoms with Gasteiger partial charge in [0.2, 0.25) is 17.7 Å². The van der Waals surface area contributed by atoms with Crippen molar-refractivity contribution >= 4 is 29.4 Å². The molecule has 3 aliphatic rings. The quantitative estimate of drug-likeness (QED) is 0.490. The van der Waals surface area contributed by atoms with E-state index in [-0.39, 0.29) is 30.8 Å². The normalized spacial score (nSPS) is 23.6. The van der Waals surface area contributed by atoms with Crippen LogP contribution in [0.1, 0.15) is 52.9 Å². The molecule has 0 aromatic carbocycles. The summed E-state index contributed by atoms with van der Waals surface area (Å²) in [7, 11) is 0. The van der Waals surface area contributed by atoms with Crippen molar-refractivity contribution in [3.05, 3.63) is 12.3 Å². The van der Waals surface area contributed by atoms with Gasteiger partial charge in [-0.2, -0.15) is 23.5 Å². The Kier molecular flexibility index (Phi) is 7.39. The predicted molar refractivity (Wildman–Crippen MR) is 130 cm³/mol. The maximum atomic E-state index is 13.6. The van der Waals surface area contributed by atoms with Gasteiger partial charge < -0.3 is 20.9 Å². The maximum absolute atomic E-state index is 13.6. The van der Waals surface area contributed by atoms with E-state index in [0.717, 1.165) is 12.8 Å². The summed E-state index contributed by atoms with van der Waals surface area (Å²) in [6, 6.07) is 0.0251. The summed E-state index contributed by atoms with van der Waals surface area (Å²) in [5.41, 5.74) is -1.21. The van der Waals surface area contributed by atoms with Crippen LogP contribution in [0.4, 0.5) is 19.0 Å². The molecule has 1 saturated carbocycles. The maximum Gasteiger partial charge on any atom is 0.471 e. The Balaban J connectivity index is 1.50. The zero-order valence-electron chi connectivity index (χ0n) is 22.0.